The number of hydrogen-bond donors (Lipinski definition) is 19. The van der Waals surface area contributed by atoms with Crippen molar-refractivity contribution in [3.05, 3.63) is 0 Å². The molecule has 2 spiro atoms. The topological polar surface area (TPSA) is 612 Å². The minimum atomic E-state index is -3.54. The van der Waals surface area contributed by atoms with Crippen molar-refractivity contribution in [2.45, 2.75) is 183 Å². The lowest BCUT2D eigenvalue weighted by Gasteiger charge is -2.53. The predicted molar refractivity (Wildman–Crippen MR) is 233 cm³/mol. The average Bonchev–Trinajstić information content (AvgIpc) is 3.39. The first-order chi connectivity index (χ1) is 36.1. The summed E-state index contributed by atoms with van der Waals surface area (Å²) in [6.45, 7) is -7.24. The van der Waals surface area contributed by atoms with Gasteiger partial charge in [0.1, 0.15) is 122 Å². The molecule has 10 aliphatic rings. The summed E-state index contributed by atoms with van der Waals surface area (Å²) < 4.78 is 131. The molecule has 10 heterocycles. The van der Waals surface area contributed by atoms with Crippen molar-refractivity contribution in [2.24, 2.45) is 28.7 Å². The predicted octanol–water partition coefficient (Wildman–Crippen LogP) is -15.1. The Morgan fingerprint density at radius 3 is 1.61 bits per heavy atom. The van der Waals surface area contributed by atoms with Crippen LogP contribution < -0.4 is 28.7 Å². The highest BCUT2D eigenvalue weighted by Crippen LogP contribution is 2.43. The molecule has 0 saturated carbocycles. The molecule has 0 aliphatic carbocycles. The average molecular weight is 1190 g/mol. The minimum absolute atomic E-state index is 1.03. The molecule has 0 amide bonds. The third-order valence-electron chi connectivity index (χ3n) is 13.8. The number of nitrogens with two attached hydrogens (primary N) is 5. The first kappa shape index (κ1) is 62.1. The van der Waals surface area contributed by atoms with Crippen molar-refractivity contribution in [1.29, 1.82) is 0 Å². The molecule has 38 nitrogen and oxygen atoms in total. The molecule has 10 fully saturated rings. The summed E-state index contributed by atoms with van der Waals surface area (Å²) in [7, 11) is 0. The van der Waals surface area contributed by atoms with Gasteiger partial charge in [-0.05, 0) is 0 Å². The van der Waals surface area contributed by atoms with E-state index in [1.165, 1.54) is 0 Å². The normalized spacial score (nSPS) is 56.8. The second-order valence-corrected chi connectivity index (χ2v) is 21.3. The van der Waals surface area contributed by atoms with Gasteiger partial charge in [-0.3, -0.25) is 12.5 Å². The van der Waals surface area contributed by atoms with E-state index in [1.807, 2.05) is 0 Å². The molecule has 24 N–H and O–H groups in total. The molecular weight excluding hydrogens is 1130 g/mol. The van der Waals surface area contributed by atoms with Crippen molar-refractivity contribution < 1.29 is 157 Å². The Kier molecular flexibility index (Phi) is 19.6. The molecule has 10 aliphatic heterocycles. The largest absolute Gasteiger partial charge is 0.394 e. The van der Waals surface area contributed by atoms with Crippen LogP contribution in [0.15, 0.2) is 0 Å². The summed E-state index contributed by atoms with van der Waals surface area (Å²) >= 11 is -9.92. The Morgan fingerprint density at radius 1 is 0.455 bits per heavy atom. The molecule has 41 heteroatoms. The summed E-state index contributed by atoms with van der Waals surface area (Å²) in [6.07, 6.45) is -43.8. The van der Waals surface area contributed by atoms with E-state index in [-0.39, 0.29) is 0 Å². The second-order valence-electron chi connectivity index (χ2n) is 18.8. The van der Waals surface area contributed by atoms with Crippen LogP contribution >= 0.6 is 0 Å². The van der Waals surface area contributed by atoms with Crippen LogP contribution in [0.25, 0.3) is 0 Å². The highest BCUT2D eigenvalue weighted by atomic mass is 32.2. The van der Waals surface area contributed by atoms with Crippen LogP contribution in [0.1, 0.15) is 6.42 Å². The van der Waals surface area contributed by atoms with Gasteiger partial charge in [0.15, 0.2) is 12.6 Å². The second kappa shape index (κ2) is 24.3. The van der Waals surface area contributed by atoms with Crippen molar-refractivity contribution in [2.75, 3.05) is 39.6 Å². The number of hydrogen-bond acceptors (Lipinski definition) is 38. The Hall–Kier alpha value is -0.950. The molecule has 0 aromatic heterocycles. The van der Waals surface area contributed by atoms with E-state index >= 15 is 0 Å². The molecule has 448 valence electrons. The summed E-state index contributed by atoms with van der Waals surface area (Å²) in [5.74, 6) is -13.5. The van der Waals surface area contributed by atoms with E-state index < -0.39 is 257 Å². The van der Waals surface area contributed by atoms with E-state index in [2.05, 4.69) is 0 Å². The number of rotatable bonds is 3. The standard InChI is InChI=1S/C36H63N5O33S3/c37-15-19(48)26-13(62-31(15)53)6-59-75(56)72-32-16(38)20(49)24(10(3-43)63-32)71-36-30(41)23(52)25(11(4-44)67-36)68-33(1-8(45)17(46)9(2-42)64-33)73-76(57)60-5-12-18(47)21(50)28(39)34(54,65-12)70-27-14(7-61-77(58)74-36)66-35(55,69-26)29(40)22(27)51/h8-32,42-55H,1-7,37-41H2/t8?,9?,10?,11?,12?,13?,14?,15?,16?,17-,18+,19?,20?,21?,22?,23?,24+,25+,26+,27+,28?,29?,30?,31-,32+,33+,34+,35+,36+,75?,76?,77?/m0/s1. The summed E-state index contributed by atoms with van der Waals surface area (Å²) in [6, 6.07) is -10.7. The highest BCUT2D eigenvalue weighted by molar-refractivity contribution is 7.75. The molecule has 77 heavy (non-hydrogen) atoms. The van der Waals surface area contributed by atoms with Crippen LogP contribution in [-0.4, -0.2) is 300 Å². The van der Waals surface area contributed by atoms with Crippen LogP contribution in [-0.2, 0) is 107 Å². The van der Waals surface area contributed by atoms with Gasteiger partial charge in [-0.2, -0.15) is 12.6 Å². The van der Waals surface area contributed by atoms with Gasteiger partial charge in [0.2, 0.25) is 0 Å². The maximum atomic E-state index is 14.3. The molecule has 8 bridgehead atoms. The van der Waals surface area contributed by atoms with E-state index in [1.54, 1.807) is 0 Å². The Balaban J connectivity index is 1.26. The molecule has 10 saturated heterocycles. The SMILES string of the molecule is NC1C(O)[C@@H]2O[C@@]34OC(CO)[C@@H](O[C@]5(CC(O)[C@H](O)C(CO)O5)OS(=O)OCC5O[C@@](O)(O[C@@H]6C(COS(=O)O3)O[C@@](O)(O[C@@H]3C(COS(=O)O[C@H]1OC2CO)O[C@H](O)C(N)C3O)C(N)C6O)C(N)C(O)[C@@H]5O)C(O)C4N. The van der Waals surface area contributed by atoms with Crippen molar-refractivity contribution >= 4 is 34.1 Å². The lowest BCUT2D eigenvalue weighted by molar-refractivity contribution is -0.482. The number of fused-ring (bicyclic) bond motifs is 10. The monoisotopic (exact) mass is 1190 g/mol. The number of aliphatic hydroxyl groups is 14. The van der Waals surface area contributed by atoms with E-state index in [9.17, 15) is 84.1 Å². The van der Waals surface area contributed by atoms with Gasteiger partial charge < -0.3 is 148 Å². The van der Waals surface area contributed by atoms with Crippen molar-refractivity contribution in [3.8, 4) is 0 Å². The van der Waals surface area contributed by atoms with Crippen molar-refractivity contribution in [1.82, 2.24) is 0 Å². The van der Waals surface area contributed by atoms with Crippen molar-refractivity contribution in [3.63, 3.8) is 0 Å². The summed E-state index contributed by atoms with van der Waals surface area (Å²) in [4.78, 5) is 0. The third kappa shape index (κ3) is 12.2. The van der Waals surface area contributed by atoms with Gasteiger partial charge in [0, 0.05) is 0 Å². The fourth-order valence-corrected chi connectivity index (χ4v) is 11.4. The van der Waals surface area contributed by atoms with Gasteiger partial charge in [-0.25, -0.2) is 12.5 Å². The van der Waals surface area contributed by atoms with Gasteiger partial charge in [-0.1, -0.05) is 0 Å². The van der Waals surface area contributed by atoms with Gasteiger partial charge in [-0.15, -0.1) is 0 Å². The lowest BCUT2D eigenvalue weighted by Crippen LogP contribution is -2.76. The molecular formula is C36H63N5O33S3. The fraction of sp³-hybridized carbons (Fsp3) is 1.00. The molecule has 0 radical (unpaired) electrons. The quantitative estimate of drug-likeness (QED) is 0.125. The van der Waals surface area contributed by atoms with Crippen LogP contribution in [0, 0.1) is 0 Å². The van der Waals surface area contributed by atoms with E-state index in [4.69, 9.17) is 101 Å². The van der Waals surface area contributed by atoms with E-state index in [0.717, 1.165) is 0 Å². The molecule has 0 aromatic carbocycles. The summed E-state index contributed by atoms with van der Waals surface area (Å²) in [5, 5.41) is 157. The summed E-state index contributed by atoms with van der Waals surface area (Å²) in [5.41, 5.74) is 31.1. The molecule has 0 aromatic rings. The highest BCUT2D eigenvalue weighted by Gasteiger charge is 2.65. The maximum Gasteiger partial charge on any atom is 0.317 e. The van der Waals surface area contributed by atoms with Crippen LogP contribution in [0.5, 0.6) is 0 Å². The maximum absolute atomic E-state index is 14.3. The lowest BCUT2D eigenvalue weighted by atomic mass is 9.93. The number of aliphatic hydroxyl groups excluding tert-OH is 12. The van der Waals surface area contributed by atoms with Crippen LogP contribution in [0.4, 0.5) is 0 Å². The van der Waals surface area contributed by atoms with Crippen LogP contribution in [0.3, 0.4) is 0 Å². The zero-order chi connectivity index (χ0) is 56.4. The first-order valence-corrected chi connectivity index (χ1v) is 26.3. The molecule has 10 rings (SSSR count). The minimum Gasteiger partial charge on any atom is -0.394 e. The zero-order valence-electron chi connectivity index (χ0n) is 39.5. The number of ether oxygens (including phenoxy) is 10. The first-order valence-electron chi connectivity index (χ1n) is 23.3. The smallest absolute Gasteiger partial charge is 0.317 e. The third-order valence-corrected chi connectivity index (χ3v) is 15.9. The zero-order valence-corrected chi connectivity index (χ0v) is 42.0. The van der Waals surface area contributed by atoms with Gasteiger partial charge in [0.25, 0.3) is 11.9 Å². The fourth-order valence-electron chi connectivity index (χ4n) is 9.44. The molecule has 32 atom stereocenters. The van der Waals surface area contributed by atoms with Crippen LogP contribution in [0.2, 0.25) is 0 Å². The van der Waals surface area contributed by atoms with Gasteiger partial charge in [0.05, 0.1) is 64.2 Å². The Bertz CT molecular complexity index is 2090. The molecule has 20 unspecified atom stereocenters. The van der Waals surface area contributed by atoms with Gasteiger partial charge >= 0.3 is 46.0 Å². The Morgan fingerprint density at radius 2 is 0.974 bits per heavy atom. The Labute approximate surface area is 440 Å². The van der Waals surface area contributed by atoms with E-state index in [0.29, 0.717) is 0 Å².